The quantitative estimate of drug-likeness (QED) is 0.498. The lowest BCUT2D eigenvalue weighted by atomic mass is 9.97. The van der Waals surface area contributed by atoms with E-state index in [2.05, 4.69) is 29.0 Å². The van der Waals surface area contributed by atoms with Crippen LogP contribution in [0.5, 0.6) is 0 Å². The molecule has 0 radical (unpaired) electrons. The van der Waals surface area contributed by atoms with Crippen molar-refractivity contribution in [2.75, 3.05) is 0 Å². The lowest BCUT2D eigenvalue weighted by Gasteiger charge is -2.10. The van der Waals surface area contributed by atoms with Gasteiger partial charge in [0.05, 0.1) is 11.0 Å². The average molecular weight is 288 g/mol. The van der Waals surface area contributed by atoms with Gasteiger partial charge < -0.3 is 0 Å². The van der Waals surface area contributed by atoms with Gasteiger partial charge in [-0.05, 0) is 42.8 Å². The minimum Gasteiger partial charge on any atom is -0.256 e. The molecular formula is C19H13FN2. The Morgan fingerprint density at radius 3 is 2.05 bits per heavy atom. The second kappa shape index (κ2) is 4.88. The Balaban J connectivity index is 2.13. The zero-order chi connectivity index (χ0) is 15.1. The van der Waals surface area contributed by atoms with Crippen LogP contribution in [-0.4, -0.2) is 9.97 Å². The SMILES string of the molecule is Cc1ccc(-c2ccc(F)c3cccnc23)c2ncccc12. The molecule has 4 rings (SSSR count). The second-order valence-corrected chi connectivity index (χ2v) is 5.32. The van der Waals surface area contributed by atoms with Crippen molar-refractivity contribution in [3.8, 4) is 11.1 Å². The lowest BCUT2D eigenvalue weighted by molar-refractivity contribution is 0.639. The zero-order valence-electron chi connectivity index (χ0n) is 12.0. The molecule has 2 heterocycles. The maximum absolute atomic E-state index is 14.0. The van der Waals surface area contributed by atoms with Gasteiger partial charge in [-0.15, -0.1) is 0 Å². The van der Waals surface area contributed by atoms with Crippen LogP contribution in [0, 0.1) is 12.7 Å². The summed E-state index contributed by atoms with van der Waals surface area (Å²) in [5, 5.41) is 1.64. The van der Waals surface area contributed by atoms with Crippen molar-refractivity contribution in [1.82, 2.24) is 9.97 Å². The predicted molar refractivity (Wildman–Crippen MR) is 87.2 cm³/mol. The van der Waals surface area contributed by atoms with Gasteiger partial charge in [0.1, 0.15) is 5.82 Å². The third kappa shape index (κ3) is 1.86. The van der Waals surface area contributed by atoms with E-state index in [0.717, 1.165) is 22.0 Å². The highest BCUT2D eigenvalue weighted by molar-refractivity contribution is 6.03. The van der Waals surface area contributed by atoms with Gasteiger partial charge in [0.15, 0.2) is 0 Å². The van der Waals surface area contributed by atoms with Gasteiger partial charge in [-0.3, -0.25) is 9.97 Å². The number of nitrogens with zero attached hydrogens (tertiary/aromatic N) is 2. The summed E-state index contributed by atoms with van der Waals surface area (Å²) in [7, 11) is 0. The van der Waals surface area contributed by atoms with E-state index < -0.39 is 0 Å². The molecule has 0 aliphatic heterocycles. The van der Waals surface area contributed by atoms with E-state index >= 15 is 0 Å². The molecule has 0 bridgehead atoms. The van der Waals surface area contributed by atoms with Crippen molar-refractivity contribution >= 4 is 21.8 Å². The number of hydrogen-bond donors (Lipinski definition) is 0. The van der Waals surface area contributed by atoms with Crippen LogP contribution in [0.2, 0.25) is 0 Å². The molecule has 0 aliphatic rings. The Bertz CT molecular complexity index is 925. The first-order chi connectivity index (χ1) is 10.8. The number of aryl methyl sites for hydroxylation is 1. The van der Waals surface area contributed by atoms with Crippen LogP contribution in [0.25, 0.3) is 32.9 Å². The van der Waals surface area contributed by atoms with E-state index in [4.69, 9.17) is 0 Å². The van der Waals surface area contributed by atoms with Crippen molar-refractivity contribution in [3.05, 3.63) is 72.3 Å². The van der Waals surface area contributed by atoms with Crippen LogP contribution in [-0.2, 0) is 0 Å². The van der Waals surface area contributed by atoms with Crippen molar-refractivity contribution < 1.29 is 4.39 Å². The predicted octanol–water partition coefficient (Wildman–Crippen LogP) is 4.90. The highest BCUT2D eigenvalue weighted by atomic mass is 19.1. The summed E-state index contributed by atoms with van der Waals surface area (Å²) in [5.41, 5.74) is 4.64. The maximum atomic E-state index is 14.0. The molecule has 0 amide bonds. The van der Waals surface area contributed by atoms with E-state index in [1.54, 1.807) is 30.6 Å². The van der Waals surface area contributed by atoms with Crippen molar-refractivity contribution in [1.29, 1.82) is 0 Å². The van der Waals surface area contributed by atoms with E-state index in [1.165, 1.54) is 11.6 Å². The summed E-state index contributed by atoms with van der Waals surface area (Å²) in [6.45, 7) is 2.06. The number of benzene rings is 2. The molecule has 0 saturated heterocycles. The van der Waals surface area contributed by atoms with Crippen LogP contribution in [0.1, 0.15) is 5.56 Å². The van der Waals surface area contributed by atoms with Gasteiger partial charge >= 0.3 is 0 Å². The molecular weight excluding hydrogens is 275 g/mol. The van der Waals surface area contributed by atoms with Crippen LogP contribution < -0.4 is 0 Å². The molecule has 2 aromatic carbocycles. The molecule has 0 spiro atoms. The molecule has 0 N–H and O–H groups in total. The number of aromatic nitrogens is 2. The van der Waals surface area contributed by atoms with Gasteiger partial charge in [-0.2, -0.15) is 0 Å². The summed E-state index contributed by atoms with van der Waals surface area (Å²) in [5.74, 6) is -0.253. The monoisotopic (exact) mass is 288 g/mol. The molecule has 0 atom stereocenters. The third-order valence-corrected chi connectivity index (χ3v) is 3.99. The van der Waals surface area contributed by atoms with Gasteiger partial charge in [-0.1, -0.05) is 18.2 Å². The number of pyridine rings is 2. The summed E-state index contributed by atoms with van der Waals surface area (Å²) in [6, 6.07) is 14.9. The summed E-state index contributed by atoms with van der Waals surface area (Å²) < 4.78 is 14.0. The Morgan fingerprint density at radius 1 is 0.727 bits per heavy atom. The number of hydrogen-bond acceptors (Lipinski definition) is 2. The lowest BCUT2D eigenvalue weighted by Crippen LogP contribution is -1.91. The van der Waals surface area contributed by atoms with E-state index in [0.29, 0.717) is 10.9 Å². The maximum Gasteiger partial charge on any atom is 0.132 e. The number of fused-ring (bicyclic) bond motifs is 2. The minimum atomic E-state index is -0.253. The van der Waals surface area contributed by atoms with Crippen LogP contribution >= 0.6 is 0 Å². The first kappa shape index (κ1) is 12.9. The van der Waals surface area contributed by atoms with Crippen LogP contribution in [0.3, 0.4) is 0 Å². The third-order valence-electron chi connectivity index (χ3n) is 3.99. The molecule has 0 saturated carbocycles. The summed E-state index contributed by atoms with van der Waals surface area (Å²) in [6.07, 6.45) is 3.47. The van der Waals surface area contributed by atoms with E-state index in [-0.39, 0.29) is 5.82 Å². The molecule has 3 heteroatoms. The fourth-order valence-corrected chi connectivity index (χ4v) is 2.89. The molecule has 106 valence electrons. The molecule has 0 fully saturated rings. The van der Waals surface area contributed by atoms with Gasteiger partial charge in [-0.25, -0.2) is 4.39 Å². The standard InChI is InChI=1S/C19H13FN2/c1-12-6-7-14(18-13(12)4-2-10-21-18)15-8-9-17(20)16-5-3-11-22-19(15)16/h2-11H,1H3. The molecule has 22 heavy (non-hydrogen) atoms. The minimum absolute atomic E-state index is 0.253. The molecule has 0 aliphatic carbocycles. The summed E-state index contributed by atoms with van der Waals surface area (Å²) in [4.78, 5) is 8.91. The topological polar surface area (TPSA) is 25.8 Å². The first-order valence-corrected chi connectivity index (χ1v) is 7.13. The zero-order valence-corrected chi connectivity index (χ0v) is 12.0. The van der Waals surface area contributed by atoms with Crippen molar-refractivity contribution in [3.63, 3.8) is 0 Å². The molecule has 2 nitrogen and oxygen atoms in total. The average Bonchev–Trinajstić information content (AvgIpc) is 2.57. The molecule has 4 aromatic rings. The first-order valence-electron chi connectivity index (χ1n) is 7.13. The largest absolute Gasteiger partial charge is 0.256 e. The number of halogens is 1. The highest BCUT2D eigenvalue weighted by Gasteiger charge is 2.12. The Hall–Kier alpha value is -2.81. The summed E-state index contributed by atoms with van der Waals surface area (Å²) >= 11 is 0. The van der Waals surface area contributed by atoms with Gasteiger partial charge in [0, 0.05) is 34.3 Å². The van der Waals surface area contributed by atoms with Crippen molar-refractivity contribution in [2.45, 2.75) is 6.92 Å². The Kier molecular flexibility index (Phi) is 2.86. The van der Waals surface area contributed by atoms with Crippen LogP contribution in [0.4, 0.5) is 4.39 Å². The normalized spacial score (nSPS) is 11.2. The molecule has 2 aromatic heterocycles. The van der Waals surface area contributed by atoms with Crippen molar-refractivity contribution in [2.24, 2.45) is 0 Å². The Labute approximate surface area is 127 Å². The number of rotatable bonds is 1. The van der Waals surface area contributed by atoms with Gasteiger partial charge in [0.2, 0.25) is 0 Å². The fraction of sp³-hybridized carbons (Fsp3) is 0.0526. The van der Waals surface area contributed by atoms with E-state index in [1.807, 2.05) is 12.1 Å². The van der Waals surface area contributed by atoms with E-state index in [9.17, 15) is 4.39 Å². The smallest absolute Gasteiger partial charge is 0.132 e. The van der Waals surface area contributed by atoms with Gasteiger partial charge in [0.25, 0.3) is 0 Å². The second-order valence-electron chi connectivity index (χ2n) is 5.32. The van der Waals surface area contributed by atoms with Crippen LogP contribution in [0.15, 0.2) is 60.9 Å². The fourth-order valence-electron chi connectivity index (χ4n) is 2.89. The molecule has 0 unspecified atom stereocenters. The highest BCUT2D eigenvalue weighted by Crippen LogP contribution is 2.33. The Morgan fingerprint density at radius 2 is 1.32 bits per heavy atom.